The number of aliphatic hydroxyl groups is 1. The minimum absolute atomic E-state index is 0.00393. The number of carbonyl (C=O) groups is 1. The van der Waals surface area contributed by atoms with E-state index in [0.29, 0.717) is 13.0 Å². The lowest BCUT2D eigenvalue weighted by molar-refractivity contribution is -0.129. The first kappa shape index (κ1) is 14.2. The Bertz CT molecular complexity index is 291. The monoisotopic (exact) mass is 251 g/mol. The van der Waals surface area contributed by atoms with E-state index in [2.05, 4.69) is 0 Å². The van der Waals surface area contributed by atoms with E-state index in [1.54, 1.807) is 20.8 Å². The van der Waals surface area contributed by atoms with Crippen molar-refractivity contribution in [2.75, 3.05) is 13.1 Å². The topological polar surface area (TPSA) is 49.8 Å². The van der Waals surface area contributed by atoms with Gasteiger partial charge in [-0.05, 0) is 33.6 Å². The number of likely N-dealkylation sites (tertiary alicyclic amines) is 1. The number of piperidine rings is 1. The van der Waals surface area contributed by atoms with Crippen molar-refractivity contribution in [3.8, 4) is 0 Å². The number of β-amino-alcohol motifs (C(OH)–C–C–N with tert-alkyl or cyclic N) is 1. The number of halogens is 2. The molecule has 1 aliphatic heterocycles. The summed E-state index contributed by atoms with van der Waals surface area (Å²) in [5.41, 5.74) is -2.77. The molecule has 0 spiro atoms. The first-order valence-electron chi connectivity index (χ1n) is 5.62. The molecule has 0 saturated carbocycles. The van der Waals surface area contributed by atoms with Crippen LogP contribution in [-0.4, -0.2) is 46.8 Å². The van der Waals surface area contributed by atoms with Gasteiger partial charge >= 0.3 is 6.09 Å². The molecule has 1 saturated heterocycles. The maximum atomic E-state index is 12.7. The van der Waals surface area contributed by atoms with Crippen molar-refractivity contribution in [2.45, 2.75) is 51.2 Å². The van der Waals surface area contributed by atoms with Crippen molar-refractivity contribution in [1.29, 1.82) is 0 Å². The minimum Gasteiger partial charge on any atom is -0.444 e. The highest BCUT2D eigenvalue weighted by atomic mass is 19.3. The van der Waals surface area contributed by atoms with Crippen LogP contribution in [0, 0.1) is 0 Å². The van der Waals surface area contributed by atoms with Gasteiger partial charge in [-0.25, -0.2) is 13.6 Å². The van der Waals surface area contributed by atoms with Gasteiger partial charge in [-0.3, -0.25) is 0 Å². The lowest BCUT2D eigenvalue weighted by atomic mass is 9.93. The third-order valence-corrected chi connectivity index (χ3v) is 2.56. The van der Waals surface area contributed by atoms with Gasteiger partial charge in [0.05, 0.1) is 6.54 Å². The second kappa shape index (κ2) is 4.76. The van der Waals surface area contributed by atoms with Gasteiger partial charge in [0.2, 0.25) is 0 Å². The zero-order valence-corrected chi connectivity index (χ0v) is 10.4. The zero-order valence-electron chi connectivity index (χ0n) is 10.4. The number of amides is 1. The zero-order chi connectivity index (χ0) is 13.3. The summed E-state index contributed by atoms with van der Waals surface area (Å²) in [4.78, 5) is 12.8. The van der Waals surface area contributed by atoms with Crippen LogP contribution < -0.4 is 0 Å². The van der Waals surface area contributed by atoms with Crippen molar-refractivity contribution < 1.29 is 23.4 Å². The number of alkyl halides is 2. The molecule has 0 aromatic carbocycles. The van der Waals surface area contributed by atoms with E-state index in [1.807, 2.05) is 0 Å². The average Bonchev–Trinajstić information content (AvgIpc) is 2.15. The molecule has 17 heavy (non-hydrogen) atoms. The molecule has 6 heteroatoms. The number of rotatable bonds is 1. The third kappa shape index (κ3) is 3.80. The van der Waals surface area contributed by atoms with Gasteiger partial charge in [0.25, 0.3) is 6.43 Å². The Labute approximate surface area is 99.5 Å². The molecule has 1 rings (SSSR count). The maximum Gasteiger partial charge on any atom is 0.410 e. The molecule has 0 aliphatic carbocycles. The fraction of sp³-hybridized carbons (Fsp3) is 0.909. The van der Waals surface area contributed by atoms with Crippen molar-refractivity contribution >= 4 is 6.09 Å². The summed E-state index contributed by atoms with van der Waals surface area (Å²) < 4.78 is 30.4. The van der Waals surface area contributed by atoms with E-state index >= 15 is 0 Å². The van der Waals surface area contributed by atoms with E-state index in [-0.39, 0.29) is 13.0 Å². The molecule has 0 aromatic rings. The summed E-state index contributed by atoms with van der Waals surface area (Å²) in [6, 6.07) is 0. The van der Waals surface area contributed by atoms with Crippen molar-refractivity contribution in [1.82, 2.24) is 4.90 Å². The smallest absolute Gasteiger partial charge is 0.410 e. The van der Waals surface area contributed by atoms with Crippen molar-refractivity contribution in [3.05, 3.63) is 0 Å². The van der Waals surface area contributed by atoms with Crippen molar-refractivity contribution in [3.63, 3.8) is 0 Å². The normalized spacial score (nSPS) is 26.2. The quantitative estimate of drug-likeness (QED) is 0.775. The lowest BCUT2D eigenvalue weighted by Gasteiger charge is -2.38. The Morgan fingerprint density at radius 1 is 1.47 bits per heavy atom. The van der Waals surface area contributed by atoms with Crippen LogP contribution in [0.15, 0.2) is 0 Å². The molecule has 1 unspecified atom stereocenters. The summed E-state index contributed by atoms with van der Waals surface area (Å²) in [5, 5.41) is 9.67. The van der Waals surface area contributed by atoms with Crippen LogP contribution in [0.3, 0.4) is 0 Å². The van der Waals surface area contributed by atoms with Crippen LogP contribution in [0.5, 0.6) is 0 Å². The van der Waals surface area contributed by atoms with Gasteiger partial charge < -0.3 is 14.7 Å². The first-order chi connectivity index (χ1) is 7.64. The van der Waals surface area contributed by atoms with E-state index < -0.39 is 23.7 Å². The fourth-order valence-corrected chi connectivity index (χ4v) is 1.73. The molecular formula is C11H19F2NO3. The highest BCUT2D eigenvalue weighted by molar-refractivity contribution is 5.68. The Morgan fingerprint density at radius 3 is 2.53 bits per heavy atom. The largest absolute Gasteiger partial charge is 0.444 e. The van der Waals surface area contributed by atoms with Crippen LogP contribution in [-0.2, 0) is 4.74 Å². The molecule has 1 N–H and O–H groups in total. The van der Waals surface area contributed by atoms with E-state index in [0.717, 1.165) is 4.90 Å². The maximum absolute atomic E-state index is 12.7. The molecule has 1 atom stereocenters. The predicted octanol–water partition coefficient (Wildman–Crippen LogP) is 2.01. The van der Waals surface area contributed by atoms with Gasteiger partial charge in [0.15, 0.2) is 0 Å². The summed E-state index contributed by atoms with van der Waals surface area (Å²) in [6.07, 6.45) is -3.16. The Morgan fingerprint density at radius 2 is 2.06 bits per heavy atom. The first-order valence-corrected chi connectivity index (χ1v) is 5.62. The van der Waals surface area contributed by atoms with Gasteiger partial charge in [-0.2, -0.15) is 0 Å². The van der Waals surface area contributed by atoms with E-state index in [4.69, 9.17) is 4.74 Å². The second-order valence-corrected chi connectivity index (χ2v) is 5.41. The summed E-state index contributed by atoms with van der Waals surface area (Å²) in [5.74, 6) is 0. The van der Waals surface area contributed by atoms with Gasteiger partial charge in [0.1, 0.15) is 11.2 Å². The molecule has 1 amide bonds. The highest BCUT2D eigenvalue weighted by Gasteiger charge is 2.43. The predicted molar refractivity (Wildman–Crippen MR) is 58.0 cm³/mol. The van der Waals surface area contributed by atoms with Crippen LogP contribution in [0.25, 0.3) is 0 Å². The van der Waals surface area contributed by atoms with E-state index in [1.165, 1.54) is 0 Å². The fourth-order valence-electron chi connectivity index (χ4n) is 1.73. The number of hydrogen-bond acceptors (Lipinski definition) is 3. The van der Waals surface area contributed by atoms with Gasteiger partial charge in [-0.1, -0.05) is 0 Å². The summed E-state index contributed by atoms with van der Waals surface area (Å²) in [6.45, 7) is 5.07. The number of carbonyl (C=O) groups excluding carboxylic acids is 1. The summed E-state index contributed by atoms with van der Waals surface area (Å²) >= 11 is 0. The Hall–Kier alpha value is -0.910. The lowest BCUT2D eigenvalue weighted by Crippen LogP contribution is -2.54. The molecule has 0 bridgehead atoms. The summed E-state index contributed by atoms with van der Waals surface area (Å²) in [7, 11) is 0. The molecule has 1 aliphatic rings. The van der Waals surface area contributed by atoms with Gasteiger partial charge in [0, 0.05) is 6.54 Å². The van der Waals surface area contributed by atoms with Crippen LogP contribution >= 0.6 is 0 Å². The molecule has 0 radical (unpaired) electrons. The minimum atomic E-state index is -2.85. The number of ether oxygens (including phenoxy) is 1. The molecule has 0 aromatic heterocycles. The third-order valence-electron chi connectivity index (χ3n) is 2.56. The SMILES string of the molecule is CC(C)(C)OC(=O)N1CCCC(O)(C(F)F)C1. The highest BCUT2D eigenvalue weighted by Crippen LogP contribution is 2.28. The molecule has 1 fully saturated rings. The van der Waals surface area contributed by atoms with Crippen LogP contribution in [0.1, 0.15) is 33.6 Å². The Kier molecular flexibility index (Phi) is 3.96. The number of hydrogen-bond donors (Lipinski definition) is 1. The average molecular weight is 251 g/mol. The molecule has 1 heterocycles. The number of nitrogens with zero attached hydrogens (tertiary/aromatic N) is 1. The molecule has 4 nitrogen and oxygen atoms in total. The van der Waals surface area contributed by atoms with E-state index in [9.17, 15) is 18.7 Å². The van der Waals surface area contributed by atoms with Crippen molar-refractivity contribution in [2.24, 2.45) is 0 Å². The molecule has 100 valence electrons. The Balaban J connectivity index is 2.64. The van der Waals surface area contributed by atoms with Gasteiger partial charge in [-0.15, -0.1) is 0 Å². The second-order valence-electron chi connectivity index (χ2n) is 5.41. The standard InChI is InChI=1S/C11H19F2NO3/c1-10(2,3)17-9(15)14-6-4-5-11(16,7-14)8(12)13/h8,16H,4-7H2,1-3H3. The molecular weight excluding hydrogens is 232 g/mol. The van der Waals surface area contributed by atoms with Crippen LogP contribution in [0.2, 0.25) is 0 Å². The van der Waals surface area contributed by atoms with Crippen LogP contribution in [0.4, 0.5) is 13.6 Å².